The molecule has 0 bridgehead atoms. The Bertz CT molecular complexity index is 4820. The van der Waals surface area contributed by atoms with Gasteiger partial charge in [0.1, 0.15) is 22.9 Å². The first-order chi connectivity index (χ1) is 53.0. The van der Waals surface area contributed by atoms with E-state index in [-0.39, 0.29) is 69.6 Å². The molecule has 9 N–H and O–H groups in total. The van der Waals surface area contributed by atoms with Gasteiger partial charge in [0.2, 0.25) is 23.0 Å². The highest BCUT2D eigenvalue weighted by Crippen LogP contribution is 2.51. The molecule has 114 heavy (non-hydrogen) atoms. The maximum absolute atomic E-state index is 12.4. The van der Waals surface area contributed by atoms with Crippen LogP contribution in [0.25, 0.3) is 0 Å². The number of carbonyl (C=O) groups excluding carboxylic acids is 5. The van der Waals surface area contributed by atoms with Gasteiger partial charge in [-0.1, -0.05) is 130 Å². The Labute approximate surface area is 688 Å². The van der Waals surface area contributed by atoms with Gasteiger partial charge in [-0.2, -0.15) is 15.3 Å². The lowest BCUT2D eigenvalue weighted by atomic mass is 9.88. The molecular formula is C84H109Cl4N19O7. The molecule has 6 aromatic heterocycles. The lowest BCUT2D eigenvalue weighted by molar-refractivity contribution is -0.121. The van der Waals surface area contributed by atoms with Gasteiger partial charge in [0.25, 0.3) is 0 Å². The maximum Gasteiger partial charge on any atom is 0.410 e. The Morgan fingerprint density at radius 3 is 1.18 bits per heavy atom. The predicted molar refractivity (Wildman–Crippen MR) is 444 cm³/mol. The number of rotatable bonds is 22. The quantitative estimate of drug-likeness (QED) is 0.0393. The number of anilines is 1. The van der Waals surface area contributed by atoms with E-state index >= 15 is 0 Å². The molecule has 3 saturated carbocycles. The Morgan fingerprint density at radius 2 is 0.833 bits per heavy atom. The zero-order valence-electron chi connectivity index (χ0n) is 63.6. The number of aryl methyl sites for hydroxylation is 6. The van der Waals surface area contributed by atoms with Crippen molar-refractivity contribution in [3.05, 3.63) is 222 Å². The SMILES string of the molecule is C.C.C.CC(C)(C)OC(=O)N1CCC(n2cc(Cc3ncc(Cl)c(CCc4ccccc4C4(C(N)=O)CC4)n3)cn2)C1.CC(C)(C)OC(=O)N1CCC(n2cc(N)cn2)C1.NC(=O)C1(c2ccccc2CCc2nc(Cc3cnn(C4CCNC4)c3)ncc2Cl)CC1.NC(=O)C1(c2ccccc2CCc2nc(Cl)ncc2Cl)CC1. The second-order valence-electron chi connectivity index (χ2n) is 31.6. The fraction of sp³-hybridized carbons (Fsp3) is 0.476. The summed E-state index contributed by atoms with van der Waals surface area (Å²) in [6.45, 7) is 15.7. The number of hydrogen-bond acceptors (Lipinski definition) is 18. The molecule has 3 aliphatic carbocycles. The van der Waals surface area contributed by atoms with Crippen molar-refractivity contribution in [2.75, 3.05) is 45.0 Å². The molecule has 26 nitrogen and oxygen atoms in total. The average molecular weight is 1640 g/mol. The molecule has 0 spiro atoms. The van der Waals surface area contributed by atoms with Crippen LogP contribution < -0.4 is 28.3 Å². The second kappa shape index (κ2) is 37.8. The molecule has 3 aromatic carbocycles. The second-order valence-corrected chi connectivity index (χ2v) is 33.1. The maximum atomic E-state index is 12.4. The number of primary amides is 3. The van der Waals surface area contributed by atoms with Crippen LogP contribution in [0.4, 0.5) is 15.3 Å². The minimum absolute atomic E-state index is 0. The molecule has 3 atom stereocenters. The zero-order valence-corrected chi connectivity index (χ0v) is 66.6. The van der Waals surface area contributed by atoms with E-state index < -0.39 is 27.4 Å². The van der Waals surface area contributed by atoms with Crippen LogP contribution in [0.1, 0.15) is 213 Å². The summed E-state index contributed by atoms with van der Waals surface area (Å²) in [6, 6.07) is 24.7. The molecule has 15 rings (SSSR count). The molecule has 3 unspecified atom stereocenters. The number of hydrogen-bond donors (Lipinski definition) is 5. The molecule has 3 saturated heterocycles. The van der Waals surface area contributed by atoms with E-state index in [0.29, 0.717) is 103 Å². The van der Waals surface area contributed by atoms with Crippen molar-refractivity contribution in [2.45, 2.75) is 219 Å². The molecule has 3 aliphatic heterocycles. The predicted octanol–water partition coefficient (Wildman–Crippen LogP) is 13.8. The van der Waals surface area contributed by atoms with Crippen LogP contribution in [0.2, 0.25) is 20.4 Å². The van der Waals surface area contributed by atoms with Gasteiger partial charge in [-0.05, 0) is 201 Å². The van der Waals surface area contributed by atoms with Gasteiger partial charge in [-0.15, -0.1) is 0 Å². The lowest BCUT2D eigenvalue weighted by Crippen LogP contribution is -2.35. The van der Waals surface area contributed by atoms with Gasteiger partial charge >= 0.3 is 12.2 Å². The first kappa shape index (κ1) is 88.4. The number of carbonyl (C=O) groups is 5. The molecule has 610 valence electrons. The van der Waals surface area contributed by atoms with Crippen molar-refractivity contribution >= 4 is 82.0 Å². The first-order valence-corrected chi connectivity index (χ1v) is 39.3. The summed E-state index contributed by atoms with van der Waals surface area (Å²) < 4.78 is 16.6. The standard InChI is InChI=1S/C29H35ClN6O3.C24H27ClN6O.C16H15Cl2N3O.C12H20N4O2.3CH4/c1-28(2,3)39-27(38)35-13-10-21(18-35)36-17-19(15-33-36)14-25-32-16-23(30)24(34-25)9-8-20-6-4-5-7-22(20)29(11-12-29)26(31)37;25-20-14-28-22(11-16-12-29-31(15-16)18-7-10-27-13-18)30-21(20)6-5-17-3-1-2-4-19(17)24(8-9-24)23(26)32;17-12-9-20-15(18)21-13(12)6-5-10-3-1-2-4-11(10)16(7-8-16)14(19)22;1-12(2,3)18-11(17)15-5-4-10(8-15)16-7-9(13)6-14-16;;;/h4-7,15-17,21H,8-14,18H2,1-3H3,(H2,31,37);1-4,12,14-15,18,27H,5-11,13H2,(H2,26,32);1-4,9H,5-8H2,(H2,19,22);6-7,10H,4-5,8,13H2,1-3H3;3*1H4. The van der Waals surface area contributed by atoms with Crippen LogP contribution in [0.15, 0.2) is 129 Å². The van der Waals surface area contributed by atoms with Crippen molar-refractivity contribution < 1.29 is 33.4 Å². The van der Waals surface area contributed by atoms with Crippen LogP contribution in [-0.4, -0.2) is 149 Å². The summed E-state index contributed by atoms with van der Waals surface area (Å²) in [5.74, 6) is 0.662. The molecule has 9 heterocycles. The normalized spacial score (nSPS) is 17.8. The monoisotopic (exact) mass is 1640 g/mol. The molecule has 0 radical (unpaired) electrons. The van der Waals surface area contributed by atoms with E-state index in [1.807, 2.05) is 135 Å². The summed E-state index contributed by atoms with van der Waals surface area (Å²) in [6.07, 6.45) is 28.4. The molecule has 6 aliphatic rings. The molecule has 30 heteroatoms. The highest BCUT2D eigenvalue weighted by Gasteiger charge is 2.53. The molecule has 5 amide bonds. The fourth-order valence-electron chi connectivity index (χ4n) is 14.7. The summed E-state index contributed by atoms with van der Waals surface area (Å²) in [7, 11) is 0. The summed E-state index contributed by atoms with van der Waals surface area (Å²) in [4.78, 5) is 90.1. The number of nitrogen functional groups attached to an aromatic ring is 1. The summed E-state index contributed by atoms with van der Waals surface area (Å²) >= 11 is 24.8. The number of likely N-dealkylation sites (tertiary alicyclic amines) is 2. The van der Waals surface area contributed by atoms with Crippen molar-refractivity contribution in [2.24, 2.45) is 17.2 Å². The van der Waals surface area contributed by atoms with Crippen molar-refractivity contribution in [3.63, 3.8) is 0 Å². The van der Waals surface area contributed by atoms with E-state index in [1.54, 1.807) is 34.6 Å². The average Bonchev–Trinajstić information content (AvgIpc) is 1.61. The third kappa shape index (κ3) is 22.1. The van der Waals surface area contributed by atoms with Crippen molar-refractivity contribution in [1.29, 1.82) is 0 Å². The highest BCUT2D eigenvalue weighted by molar-refractivity contribution is 6.32. The Hall–Kier alpha value is -9.60. The van der Waals surface area contributed by atoms with Crippen LogP contribution in [-0.2, 0) is 91.5 Å². The van der Waals surface area contributed by atoms with Gasteiger partial charge in [-0.25, -0.2) is 39.5 Å². The van der Waals surface area contributed by atoms with E-state index in [4.69, 9.17) is 88.8 Å². The van der Waals surface area contributed by atoms with Crippen molar-refractivity contribution in [3.8, 4) is 0 Å². The summed E-state index contributed by atoms with van der Waals surface area (Å²) in [5.41, 5.74) is 31.6. The topological polar surface area (TPSA) is 357 Å². The smallest absolute Gasteiger partial charge is 0.410 e. The molecular weight excluding hydrogens is 1530 g/mol. The largest absolute Gasteiger partial charge is 0.444 e. The van der Waals surface area contributed by atoms with E-state index in [9.17, 15) is 24.0 Å². The van der Waals surface area contributed by atoms with Crippen LogP contribution in [0.5, 0.6) is 0 Å². The number of nitrogens with zero attached hydrogens (tertiary/aromatic N) is 14. The van der Waals surface area contributed by atoms with Gasteiger partial charge < -0.3 is 47.5 Å². The number of ether oxygens (including phenoxy) is 2. The number of nitrogens with one attached hydrogen (secondary N) is 1. The van der Waals surface area contributed by atoms with Gasteiger partial charge in [0.15, 0.2) is 0 Å². The molecule has 9 aromatic rings. The van der Waals surface area contributed by atoms with Crippen LogP contribution in [0.3, 0.4) is 0 Å². The highest BCUT2D eigenvalue weighted by atomic mass is 35.5. The Morgan fingerprint density at radius 1 is 0.474 bits per heavy atom. The van der Waals surface area contributed by atoms with Gasteiger partial charge in [-0.3, -0.25) is 28.4 Å². The third-order valence-electron chi connectivity index (χ3n) is 21.1. The van der Waals surface area contributed by atoms with Crippen LogP contribution in [0, 0.1) is 0 Å². The van der Waals surface area contributed by atoms with Crippen LogP contribution >= 0.6 is 46.4 Å². The lowest BCUT2D eigenvalue weighted by Gasteiger charge is -2.24. The summed E-state index contributed by atoms with van der Waals surface area (Å²) in [5, 5.41) is 18.4. The van der Waals surface area contributed by atoms with Gasteiger partial charge in [0.05, 0.1) is 97.0 Å². The first-order valence-electron chi connectivity index (χ1n) is 37.8. The van der Waals surface area contributed by atoms with Gasteiger partial charge in [0, 0.05) is 76.5 Å². The van der Waals surface area contributed by atoms with E-state index in [0.717, 1.165) is 145 Å². The fourth-order valence-corrected chi connectivity index (χ4v) is 15.4. The third-order valence-corrected chi connectivity index (χ3v) is 22.2. The van der Waals surface area contributed by atoms with E-state index in [1.165, 1.54) is 6.20 Å². The van der Waals surface area contributed by atoms with E-state index in [2.05, 4.69) is 58.9 Å². The molecule has 6 fully saturated rings. The number of halogens is 4. The minimum Gasteiger partial charge on any atom is -0.444 e. The Kier molecular flexibility index (Phi) is 29.3. The Balaban J connectivity index is 0.000000179. The number of nitrogens with two attached hydrogens (primary N) is 4. The minimum atomic E-state index is -0.527. The number of benzene rings is 3. The zero-order chi connectivity index (χ0) is 79.0. The number of aromatic nitrogens is 12. The van der Waals surface area contributed by atoms with Crippen molar-refractivity contribution in [1.82, 2.24) is 74.4 Å². The number of amides is 5.